The molecule has 0 aliphatic carbocycles. The van der Waals surface area contributed by atoms with Crippen molar-refractivity contribution >= 4 is 51.1 Å². The van der Waals surface area contributed by atoms with E-state index in [4.69, 9.17) is 12.6 Å². The molecule has 15 heavy (non-hydrogen) atoms. The van der Waals surface area contributed by atoms with E-state index < -0.39 is 5.97 Å². The van der Waals surface area contributed by atoms with Crippen LogP contribution >= 0.6 is 31.9 Å². The Hall–Kier alpha value is -0.545. The second-order valence-electron chi connectivity index (χ2n) is 2.98. The molecule has 0 unspecified atom stereocenters. The minimum Gasteiger partial charge on any atom is -0.423 e. The summed E-state index contributed by atoms with van der Waals surface area (Å²) in [6.07, 6.45) is 0. The minimum absolute atomic E-state index is 0.311. The molecular weight excluding hydrogens is 323 g/mol. The molecule has 1 aromatic carbocycles. The molecule has 0 aliphatic rings. The molecule has 2 radical (unpaired) electrons. The third kappa shape index (κ3) is 3.21. The van der Waals surface area contributed by atoms with Crippen molar-refractivity contribution in [2.75, 3.05) is 0 Å². The number of ether oxygens (including phenoxy) is 1. The van der Waals surface area contributed by atoms with Crippen LogP contribution in [0, 0.1) is 0 Å². The second-order valence-corrected chi connectivity index (χ2v) is 4.75. The van der Waals surface area contributed by atoms with Crippen molar-refractivity contribution in [3.63, 3.8) is 0 Å². The maximum atomic E-state index is 11.3. The number of hydrogen-bond acceptors (Lipinski definition) is 2. The van der Waals surface area contributed by atoms with Gasteiger partial charge in [-0.15, -0.1) is 0 Å². The Morgan fingerprint density at radius 2 is 2.07 bits per heavy atom. The summed E-state index contributed by atoms with van der Waals surface area (Å²) in [6, 6.07) is 3.41. The molecule has 0 heterocycles. The van der Waals surface area contributed by atoms with Crippen LogP contribution in [0.1, 0.15) is 6.92 Å². The molecule has 0 saturated carbocycles. The van der Waals surface area contributed by atoms with Crippen molar-refractivity contribution in [3.05, 3.63) is 33.2 Å². The molecule has 0 amide bonds. The first-order valence-electron chi connectivity index (χ1n) is 4.04. The highest BCUT2D eigenvalue weighted by Crippen LogP contribution is 2.26. The summed E-state index contributed by atoms with van der Waals surface area (Å²) in [5.74, 6) is -0.184. The first kappa shape index (κ1) is 12.5. The molecule has 0 aromatic heterocycles. The molecule has 0 saturated heterocycles. The molecule has 5 heteroatoms. The molecule has 2 nitrogen and oxygen atoms in total. The van der Waals surface area contributed by atoms with Gasteiger partial charge in [0.1, 0.15) is 13.6 Å². The molecule has 76 valence electrons. The minimum atomic E-state index is -0.496. The molecule has 0 N–H and O–H groups in total. The molecule has 0 fully saturated rings. The van der Waals surface area contributed by atoms with E-state index in [-0.39, 0.29) is 0 Å². The van der Waals surface area contributed by atoms with Crippen LogP contribution in [0.5, 0.6) is 5.75 Å². The number of benzene rings is 1. The third-order valence-corrected chi connectivity index (χ3v) is 2.63. The molecule has 1 rings (SSSR count). The van der Waals surface area contributed by atoms with Gasteiger partial charge in [0, 0.05) is 10.0 Å². The second kappa shape index (κ2) is 4.99. The van der Waals surface area contributed by atoms with E-state index in [2.05, 4.69) is 38.4 Å². The van der Waals surface area contributed by atoms with Crippen molar-refractivity contribution < 1.29 is 9.53 Å². The Bertz CT molecular complexity index is 406. The Kier molecular flexibility index (Phi) is 4.17. The first-order chi connectivity index (χ1) is 6.91. The number of rotatable bonds is 2. The van der Waals surface area contributed by atoms with Gasteiger partial charge >= 0.3 is 5.97 Å². The van der Waals surface area contributed by atoms with Crippen LogP contribution in [-0.2, 0) is 4.79 Å². The van der Waals surface area contributed by atoms with Gasteiger partial charge < -0.3 is 4.74 Å². The van der Waals surface area contributed by atoms with Crippen LogP contribution in [0.15, 0.2) is 33.2 Å². The van der Waals surface area contributed by atoms with E-state index in [9.17, 15) is 4.79 Å². The van der Waals surface area contributed by atoms with Crippen LogP contribution in [0.4, 0.5) is 0 Å². The SMILES string of the molecule is [B]c1cc(Br)cc(Br)c1OC(=O)C(=C)C. The molecule has 0 bridgehead atoms. The van der Waals surface area contributed by atoms with Crippen molar-refractivity contribution in [3.8, 4) is 5.75 Å². The summed E-state index contributed by atoms with van der Waals surface area (Å²) >= 11 is 6.53. The monoisotopic (exact) mass is 328 g/mol. The van der Waals surface area contributed by atoms with Crippen molar-refractivity contribution in [2.45, 2.75) is 6.92 Å². The van der Waals surface area contributed by atoms with Gasteiger partial charge in [-0.2, -0.15) is 0 Å². The van der Waals surface area contributed by atoms with Crippen molar-refractivity contribution in [1.82, 2.24) is 0 Å². The van der Waals surface area contributed by atoms with E-state index >= 15 is 0 Å². The van der Waals surface area contributed by atoms with Gasteiger partial charge in [0.15, 0.2) is 0 Å². The van der Waals surface area contributed by atoms with Gasteiger partial charge in [0.05, 0.1) is 4.47 Å². The highest BCUT2D eigenvalue weighted by Gasteiger charge is 2.11. The summed E-state index contributed by atoms with van der Waals surface area (Å²) in [6.45, 7) is 5.06. The van der Waals surface area contributed by atoms with E-state index in [1.54, 1.807) is 19.1 Å². The molecule has 1 aromatic rings. The lowest BCUT2D eigenvalue weighted by Gasteiger charge is -2.10. The summed E-state index contributed by atoms with van der Waals surface area (Å²) in [5, 5.41) is 0. The normalized spacial score (nSPS) is 9.80. The number of halogens is 2. The number of carbonyl (C=O) groups is 1. The lowest BCUT2D eigenvalue weighted by atomic mass is 9.95. The molecule has 0 aliphatic heterocycles. The lowest BCUT2D eigenvalue weighted by Crippen LogP contribution is -2.16. The summed E-state index contributed by atoms with van der Waals surface area (Å²) in [4.78, 5) is 11.3. The van der Waals surface area contributed by atoms with Gasteiger partial charge in [-0.3, -0.25) is 0 Å². The maximum absolute atomic E-state index is 11.3. The summed E-state index contributed by atoms with van der Waals surface area (Å²) in [7, 11) is 5.70. The van der Waals surface area contributed by atoms with Crippen molar-refractivity contribution in [2.24, 2.45) is 0 Å². The fourth-order valence-corrected chi connectivity index (χ4v) is 2.21. The van der Waals surface area contributed by atoms with E-state index in [0.29, 0.717) is 21.3 Å². The quantitative estimate of drug-likeness (QED) is 0.361. The highest BCUT2D eigenvalue weighted by molar-refractivity contribution is 9.11. The number of hydrogen-bond donors (Lipinski definition) is 0. The zero-order valence-corrected chi connectivity index (χ0v) is 11.2. The Morgan fingerprint density at radius 3 is 2.53 bits per heavy atom. The Balaban J connectivity index is 3.05. The largest absolute Gasteiger partial charge is 0.423 e. The Morgan fingerprint density at radius 1 is 1.47 bits per heavy atom. The van der Waals surface area contributed by atoms with Crippen LogP contribution in [0.2, 0.25) is 0 Å². The highest BCUT2D eigenvalue weighted by atomic mass is 79.9. The van der Waals surface area contributed by atoms with Crippen LogP contribution in [0.25, 0.3) is 0 Å². The summed E-state index contributed by atoms with van der Waals surface area (Å²) in [5.41, 5.74) is 0.704. The standard InChI is InChI=1S/C10H7BBr2O2/c1-5(2)10(14)15-9-7(11)3-6(12)4-8(9)13/h3-4H,1H2,2H3. The lowest BCUT2D eigenvalue weighted by molar-refractivity contribution is -0.130. The average Bonchev–Trinajstić information content (AvgIpc) is 2.10. The molecule has 0 atom stereocenters. The Labute approximate surface area is 106 Å². The fraction of sp³-hybridized carbons (Fsp3) is 0.100. The summed E-state index contributed by atoms with van der Waals surface area (Å²) < 4.78 is 6.48. The van der Waals surface area contributed by atoms with Gasteiger partial charge in [-0.25, -0.2) is 4.79 Å². The van der Waals surface area contributed by atoms with Crippen LogP contribution in [-0.4, -0.2) is 13.8 Å². The maximum Gasteiger partial charge on any atom is 0.338 e. The van der Waals surface area contributed by atoms with E-state index in [1.165, 1.54) is 0 Å². The zero-order valence-electron chi connectivity index (χ0n) is 8.01. The van der Waals surface area contributed by atoms with Gasteiger partial charge in [0.2, 0.25) is 0 Å². The predicted octanol–water partition coefficient (Wildman–Crippen LogP) is 2.49. The molecular formula is C10H7BBr2O2. The van der Waals surface area contributed by atoms with Gasteiger partial charge in [0.25, 0.3) is 0 Å². The number of carbonyl (C=O) groups excluding carboxylic acids is 1. The van der Waals surface area contributed by atoms with Crippen LogP contribution in [0.3, 0.4) is 0 Å². The zero-order chi connectivity index (χ0) is 11.6. The average molecular weight is 330 g/mol. The van der Waals surface area contributed by atoms with Gasteiger partial charge in [-0.05, 0) is 28.9 Å². The van der Waals surface area contributed by atoms with Gasteiger partial charge in [-0.1, -0.05) is 34.0 Å². The topological polar surface area (TPSA) is 26.3 Å². The van der Waals surface area contributed by atoms with Crippen molar-refractivity contribution in [1.29, 1.82) is 0 Å². The molecule has 0 spiro atoms. The third-order valence-electron chi connectivity index (χ3n) is 1.58. The first-order valence-corrected chi connectivity index (χ1v) is 5.62. The fourth-order valence-electron chi connectivity index (χ4n) is 0.868. The smallest absolute Gasteiger partial charge is 0.338 e. The predicted molar refractivity (Wildman–Crippen MR) is 67.7 cm³/mol. The van der Waals surface area contributed by atoms with Crippen LogP contribution < -0.4 is 10.2 Å². The van der Waals surface area contributed by atoms with E-state index in [0.717, 1.165) is 4.47 Å². The van der Waals surface area contributed by atoms with E-state index in [1.807, 2.05) is 0 Å². The number of esters is 1.